The third kappa shape index (κ3) is 5.91. The first-order valence-corrected chi connectivity index (χ1v) is 7.48. The van der Waals surface area contributed by atoms with Crippen LogP contribution in [0.1, 0.15) is 53.4 Å². The van der Waals surface area contributed by atoms with Crippen LogP contribution in [-0.4, -0.2) is 31.2 Å². The Bertz CT molecular complexity index is 292. The van der Waals surface area contributed by atoms with Crippen LogP contribution in [0.3, 0.4) is 0 Å². The maximum absolute atomic E-state index is 11.2. The Morgan fingerprint density at radius 1 is 1.47 bits per heavy atom. The predicted octanol–water partition coefficient (Wildman–Crippen LogP) is 2.07. The largest absolute Gasteiger partial charge is 0.378 e. The molecule has 19 heavy (non-hydrogen) atoms. The molecule has 0 spiro atoms. The number of carbonyl (C=O) groups excluding carboxylic acids is 1. The molecule has 112 valence electrons. The average Bonchev–Trinajstić information content (AvgIpc) is 2.24. The van der Waals surface area contributed by atoms with E-state index >= 15 is 0 Å². The summed E-state index contributed by atoms with van der Waals surface area (Å²) in [5, 5.41) is 3.09. The maximum atomic E-state index is 11.2. The van der Waals surface area contributed by atoms with Crippen LogP contribution in [0, 0.1) is 11.3 Å². The minimum Gasteiger partial charge on any atom is -0.378 e. The molecule has 0 heterocycles. The molecule has 0 saturated heterocycles. The van der Waals surface area contributed by atoms with Crippen LogP contribution < -0.4 is 11.1 Å². The fourth-order valence-electron chi connectivity index (χ4n) is 3.33. The lowest BCUT2D eigenvalue weighted by atomic mass is 9.71. The van der Waals surface area contributed by atoms with Gasteiger partial charge >= 0.3 is 0 Å². The number of primary amides is 1. The Morgan fingerprint density at radius 3 is 2.68 bits per heavy atom. The summed E-state index contributed by atoms with van der Waals surface area (Å²) in [4.78, 5) is 11.2. The topological polar surface area (TPSA) is 64.3 Å². The van der Waals surface area contributed by atoms with Crippen LogP contribution in [0.4, 0.5) is 0 Å². The van der Waals surface area contributed by atoms with Gasteiger partial charge in [-0.05, 0) is 43.6 Å². The lowest BCUT2D eigenvalue weighted by Crippen LogP contribution is -2.42. The molecule has 1 rings (SSSR count). The van der Waals surface area contributed by atoms with E-state index < -0.39 is 0 Å². The summed E-state index contributed by atoms with van der Waals surface area (Å²) in [5.41, 5.74) is 5.72. The van der Waals surface area contributed by atoms with E-state index in [0.29, 0.717) is 24.5 Å². The van der Waals surface area contributed by atoms with Gasteiger partial charge in [-0.2, -0.15) is 0 Å². The standard InChI is InChI=1S/C15H30N2O2/c1-5-17-13(14(16)18)6-7-19-12-8-11(2)9-15(3,4)10-12/h11-13,17H,5-10H2,1-4H3,(H2,16,18). The molecule has 1 aliphatic rings. The van der Waals surface area contributed by atoms with E-state index in [1.165, 1.54) is 6.42 Å². The first-order chi connectivity index (χ1) is 8.84. The molecule has 0 aromatic heterocycles. The van der Waals surface area contributed by atoms with Crippen molar-refractivity contribution in [2.75, 3.05) is 13.2 Å². The molecule has 4 nitrogen and oxygen atoms in total. The number of hydrogen-bond acceptors (Lipinski definition) is 3. The number of amides is 1. The first-order valence-electron chi connectivity index (χ1n) is 7.48. The molecule has 0 bridgehead atoms. The highest BCUT2D eigenvalue weighted by Gasteiger charge is 2.32. The molecule has 1 amide bonds. The van der Waals surface area contributed by atoms with Crippen LogP contribution in [0.15, 0.2) is 0 Å². The van der Waals surface area contributed by atoms with E-state index in [2.05, 4.69) is 26.1 Å². The van der Waals surface area contributed by atoms with Crippen molar-refractivity contribution in [1.82, 2.24) is 5.32 Å². The fourth-order valence-corrected chi connectivity index (χ4v) is 3.33. The van der Waals surface area contributed by atoms with Crippen LogP contribution in [0.25, 0.3) is 0 Å². The number of nitrogens with two attached hydrogens (primary N) is 1. The van der Waals surface area contributed by atoms with Crippen LogP contribution in [0.2, 0.25) is 0 Å². The van der Waals surface area contributed by atoms with Gasteiger partial charge in [-0.25, -0.2) is 0 Å². The van der Waals surface area contributed by atoms with Crippen molar-refractivity contribution < 1.29 is 9.53 Å². The van der Waals surface area contributed by atoms with Crippen LogP contribution in [-0.2, 0) is 9.53 Å². The molecule has 0 radical (unpaired) electrons. The lowest BCUT2D eigenvalue weighted by molar-refractivity contribution is -0.120. The summed E-state index contributed by atoms with van der Waals surface area (Å²) in [6, 6.07) is -0.265. The molecule has 4 heteroatoms. The molecule has 0 aromatic rings. The second-order valence-electron chi connectivity index (χ2n) is 6.71. The van der Waals surface area contributed by atoms with Crippen molar-refractivity contribution in [2.24, 2.45) is 17.1 Å². The molecule has 3 unspecified atom stereocenters. The zero-order chi connectivity index (χ0) is 14.5. The van der Waals surface area contributed by atoms with Crippen molar-refractivity contribution >= 4 is 5.91 Å². The Labute approximate surface area is 117 Å². The normalized spacial score (nSPS) is 28.0. The van der Waals surface area contributed by atoms with Crippen molar-refractivity contribution in [1.29, 1.82) is 0 Å². The summed E-state index contributed by atoms with van der Waals surface area (Å²) in [6.45, 7) is 10.2. The molecule has 1 saturated carbocycles. The van der Waals surface area contributed by atoms with Gasteiger partial charge in [-0.3, -0.25) is 4.79 Å². The van der Waals surface area contributed by atoms with E-state index in [1.807, 2.05) is 6.92 Å². The minimum atomic E-state index is -0.289. The highest BCUT2D eigenvalue weighted by molar-refractivity contribution is 5.79. The summed E-state index contributed by atoms with van der Waals surface area (Å²) in [6.07, 6.45) is 4.50. The van der Waals surface area contributed by atoms with Gasteiger partial charge in [-0.1, -0.05) is 27.7 Å². The van der Waals surface area contributed by atoms with E-state index in [9.17, 15) is 4.79 Å². The number of hydrogen-bond donors (Lipinski definition) is 2. The van der Waals surface area contributed by atoms with Gasteiger partial charge in [0.1, 0.15) is 0 Å². The second-order valence-corrected chi connectivity index (χ2v) is 6.71. The molecule has 3 N–H and O–H groups in total. The van der Waals surface area contributed by atoms with E-state index in [4.69, 9.17) is 10.5 Å². The number of carbonyl (C=O) groups is 1. The maximum Gasteiger partial charge on any atom is 0.234 e. The number of ether oxygens (including phenoxy) is 1. The van der Waals surface area contributed by atoms with Crippen molar-refractivity contribution in [3.05, 3.63) is 0 Å². The van der Waals surface area contributed by atoms with Crippen molar-refractivity contribution in [3.63, 3.8) is 0 Å². The molecular weight excluding hydrogens is 240 g/mol. The van der Waals surface area contributed by atoms with E-state index in [-0.39, 0.29) is 11.9 Å². The van der Waals surface area contributed by atoms with Crippen molar-refractivity contribution in [2.45, 2.75) is 65.5 Å². The lowest BCUT2D eigenvalue weighted by Gasteiger charge is -2.38. The van der Waals surface area contributed by atoms with Gasteiger partial charge in [0.15, 0.2) is 0 Å². The second kappa shape index (κ2) is 7.25. The molecule has 0 aromatic carbocycles. The van der Waals surface area contributed by atoms with Gasteiger partial charge in [0.2, 0.25) is 5.91 Å². The minimum absolute atomic E-state index is 0.265. The smallest absolute Gasteiger partial charge is 0.234 e. The monoisotopic (exact) mass is 270 g/mol. The average molecular weight is 270 g/mol. The fraction of sp³-hybridized carbons (Fsp3) is 0.933. The summed E-state index contributed by atoms with van der Waals surface area (Å²) in [5.74, 6) is 0.428. The molecule has 1 aliphatic carbocycles. The highest BCUT2D eigenvalue weighted by Crippen LogP contribution is 2.39. The summed E-state index contributed by atoms with van der Waals surface area (Å²) >= 11 is 0. The zero-order valence-electron chi connectivity index (χ0n) is 12.9. The van der Waals surface area contributed by atoms with Crippen molar-refractivity contribution in [3.8, 4) is 0 Å². The summed E-state index contributed by atoms with van der Waals surface area (Å²) in [7, 11) is 0. The molecular formula is C15H30N2O2. The van der Waals surface area contributed by atoms with Gasteiger partial charge in [0, 0.05) is 6.61 Å². The Kier molecular flexibility index (Phi) is 6.27. The predicted molar refractivity (Wildman–Crippen MR) is 77.8 cm³/mol. The highest BCUT2D eigenvalue weighted by atomic mass is 16.5. The van der Waals surface area contributed by atoms with Crippen LogP contribution >= 0.6 is 0 Å². The Morgan fingerprint density at radius 2 is 2.16 bits per heavy atom. The quantitative estimate of drug-likeness (QED) is 0.744. The van der Waals surface area contributed by atoms with E-state index in [0.717, 1.165) is 25.3 Å². The Hall–Kier alpha value is -0.610. The molecule has 3 atom stereocenters. The van der Waals surface area contributed by atoms with Crippen LogP contribution in [0.5, 0.6) is 0 Å². The number of likely N-dealkylation sites (N-methyl/N-ethyl adjacent to an activating group) is 1. The van der Waals surface area contributed by atoms with Gasteiger partial charge in [-0.15, -0.1) is 0 Å². The summed E-state index contributed by atoms with van der Waals surface area (Å²) < 4.78 is 5.97. The molecule has 1 fully saturated rings. The van der Waals surface area contributed by atoms with Gasteiger partial charge in [0.05, 0.1) is 12.1 Å². The number of rotatable bonds is 7. The number of nitrogens with one attached hydrogen (secondary N) is 1. The van der Waals surface area contributed by atoms with Gasteiger partial charge in [0.25, 0.3) is 0 Å². The SMILES string of the molecule is CCNC(CCOC1CC(C)CC(C)(C)C1)C(N)=O. The van der Waals surface area contributed by atoms with E-state index in [1.54, 1.807) is 0 Å². The first kappa shape index (κ1) is 16.4. The molecule has 0 aliphatic heterocycles. The third-order valence-corrected chi connectivity index (χ3v) is 3.90. The third-order valence-electron chi connectivity index (χ3n) is 3.90. The Balaban J connectivity index is 2.33. The van der Waals surface area contributed by atoms with Gasteiger partial charge < -0.3 is 15.8 Å². The zero-order valence-corrected chi connectivity index (χ0v) is 12.9.